The predicted molar refractivity (Wildman–Crippen MR) is 108 cm³/mol. The quantitative estimate of drug-likeness (QED) is 0.399. The number of aryl methyl sites for hydroxylation is 1. The van der Waals surface area contributed by atoms with Gasteiger partial charge in [0.05, 0.1) is 0 Å². The average molecular weight is 456 g/mol. The SMILES string of the molecule is CCOC(C(=O)F)(C(F)(F)F)C1(CCc2ccc(F)cc2)CCN(Cc2cccnc2)C1. The minimum Gasteiger partial charge on any atom is -0.356 e. The molecule has 9 heteroatoms. The molecule has 0 radical (unpaired) electrons. The van der Waals surface area contributed by atoms with Crippen molar-refractivity contribution in [1.82, 2.24) is 9.88 Å². The number of halogens is 5. The van der Waals surface area contributed by atoms with E-state index in [2.05, 4.69) is 4.98 Å². The van der Waals surface area contributed by atoms with Crippen molar-refractivity contribution in [2.45, 2.75) is 44.5 Å². The molecule has 4 nitrogen and oxygen atoms in total. The van der Waals surface area contributed by atoms with Gasteiger partial charge in [-0.3, -0.25) is 14.7 Å². The summed E-state index contributed by atoms with van der Waals surface area (Å²) in [4.78, 5) is 17.8. The Morgan fingerprint density at radius 2 is 1.91 bits per heavy atom. The van der Waals surface area contributed by atoms with Crippen molar-refractivity contribution in [3.8, 4) is 0 Å². The van der Waals surface area contributed by atoms with Crippen molar-refractivity contribution in [2.75, 3.05) is 19.7 Å². The van der Waals surface area contributed by atoms with Gasteiger partial charge in [0, 0.05) is 37.5 Å². The summed E-state index contributed by atoms with van der Waals surface area (Å²) < 4.78 is 75.7. The molecule has 1 aromatic heterocycles. The Bertz CT molecular complexity index is 907. The molecule has 2 atom stereocenters. The predicted octanol–water partition coefficient (Wildman–Crippen LogP) is 4.88. The molecular formula is C23H25F5N2O2. The minimum atomic E-state index is -5.25. The lowest BCUT2D eigenvalue weighted by atomic mass is 9.67. The topological polar surface area (TPSA) is 42.4 Å². The zero-order valence-electron chi connectivity index (χ0n) is 17.7. The standard InChI is InChI=1S/C23H25F5N2O2/c1-2-32-22(20(25)31,23(26,27)28)21(10-9-17-5-7-19(24)8-6-17)11-13-30(16-21)15-18-4-3-12-29-14-18/h3-8,12,14H,2,9-11,13,15-16H2,1H3. The van der Waals surface area contributed by atoms with Crippen molar-refractivity contribution in [3.63, 3.8) is 0 Å². The molecular weight excluding hydrogens is 431 g/mol. The van der Waals surface area contributed by atoms with Gasteiger partial charge in [0.2, 0.25) is 0 Å². The summed E-state index contributed by atoms with van der Waals surface area (Å²) in [6, 6.07) is 6.35. The number of nitrogens with zero attached hydrogens (tertiary/aromatic N) is 2. The molecule has 1 fully saturated rings. The van der Waals surface area contributed by atoms with Crippen LogP contribution in [0.25, 0.3) is 0 Å². The molecule has 32 heavy (non-hydrogen) atoms. The summed E-state index contributed by atoms with van der Waals surface area (Å²) in [5.74, 6) is -0.468. The van der Waals surface area contributed by atoms with E-state index in [1.807, 2.05) is 0 Å². The van der Waals surface area contributed by atoms with Crippen LogP contribution in [0.5, 0.6) is 0 Å². The molecule has 1 aromatic carbocycles. The van der Waals surface area contributed by atoms with Crippen LogP contribution < -0.4 is 0 Å². The number of alkyl halides is 3. The number of hydrogen-bond acceptors (Lipinski definition) is 4. The van der Waals surface area contributed by atoms with E-state index < -0.39 is 35.7 Å². The first-order valence-corrected chi connectivity index (χ1v) is 10.4. The van der Waals surface area contributed by atoms with Crippen LogP contribution in [0.15, 0.2) is 48.8 Å². The maximum atomic E-state index is 14.4. The Labute approximate surface area is 183 Å². The Morgan fingerprint density at radius 3 is 2.47 bits per heavy atom. The summed E-state index contributed by atoms with van der Waals surface area (Å²) in [7, 11) is 0. The molecule has 1 aliphatic heterocycles. The van der Waals surface area contributed by atoms with Gasteiger partial charge in [-0.05, 0) is 62.1 Å². The van der Waals surface area contributed by atoms with Crippen LogP contribution >= 0.6 is 0 Å². The summed E-state index contributed by atoms with van der Waals surface area (Å²) in [6.45, 7) is 1.19. The number of likely N-dealkylation sites (tertiary alicyclic amines) is 1. The highest BCUT2D eigenvalue weighted by atomic mass is 19.4. The van der Waals surface area contributed by atoms with Gasteiger partial charge in [-0.25, -0.2) is 4.39 Å². The first-order valence-electron chi connectivity index (χ1n) is 10.4. The van der Waals surface area contributed by atoms with Crippen molar-refractivity contribution in [1.29, 1.82) is 0 Å². The fourth-order valence-electron chi connectivity index (χ4n) is 4.67. The van der Waals surface area contributed by atoms with Crippen molar-refractivity contribution in [2.24, 2.45) is 5.41 Å². The minimum absolute atomic E-state index is 0.0797. The van der Waals surface area contributed by atoms with Crippen LogP contribution in [0.1, 0.15) is 30.9 Å². The number of carbonyl (C=O) groups is 1. The van der Waals surface area contributed by atoms with Gasteiger partial charge in [-0.2, -0.15) is 17.6 Å². The van der Waals surface area contributed by atoms with Gasteiger partial charge in [-0.1, -0.05) is 18.2 Å². The summed E-state index contributed by atoms with van der Waals surface area (Å²) in [5.41, 5.74) is -4.03. The second kappa shape index (κ2) is 9.62. The van der Waals surface area contributed by atoms with E-state index in [4.69, 9.17) is 4.74 Å². The molecule has 0 spiro atoms. The van der Waals surface area contributed by atoms with Crippen LogP contribution in [-0.4, -0.2) is 47.4 Å². The lowest BCUT2D eigenvalue weighted by molar-refractivity contribution is -0.306. The molecule has 0 saturated carbocycles. The second-order valence-corrected chi connectivity index (χ2v) is 8.11. The maximum absolute atomic E-state index is 14.4. The smallest absolute Gasteiger partial charge is 0.356 e. The first-order chi connectivity index (χ1) is 15.1. The van der Waals surface area contributed by atoms with E-state index in [0.717, 1.165) is 5.56 Å². The van der Waals surface area contributed by atoms with E-state index in [1.54, 1.807) is 29.4 Å². The number of hydrogen-bond donors (Lipinski definition) is 0. The number of benzene rings is 1. The summed E-state index contributed by atoms with van der Waals surface area (Å²) in [6.07, 6.45) is -2.17. The van der Waals surface area contributed by atoms with Crippen LogP contribution in [0.2, 0.25) is 0 Å². The summed E-state index contributed by atoms with van der Waals surface area (Å²) >= 11 is 0. The monoisotopic (exact) mass is 456 g/mol. The highest BCUT2D eigenvalue weighted by Crippen LogP contribution is 2.54. The Morgan fingerprint density at radius 1 is 1.19 bits per heavy atom. The van der Waals surface area contributed by atoms with E-state index >= 15 is 0 Å². The average Bonchev–Trinajstić information content (AvgIpc) is 3.15. The first kappa shape index (κ1) is 24.3. The third-order valence-electron chi connectivity index (χ3n) is 6.15. The maximum Gasteiger partial charge on any atom is 0.428 e. The molecule has 2 heterocycles. The molecule has 1 aliphatic rings. The van der Waals surface area contributed by atoms with Crippen molar-refractivity contribution >= 4 is 6.04 Å². The van der Waals surface area contributed by atoms with E-state index in [1.165, 1.54) is 31.2 Å². The molecule has 2 unspecified atom stereocenters. The zero-order valence-corrected chi connectivity index (χ0v) is 17.7. The van der Waals surface area contributed by atoms with Gasteiger partial charge in [0.1, 0.15) is 5.82 Å². The van der Waals surface area contributed by atoms with Crippen LogP contribution in [0, 0.1) is 11.2 Å². The number of carbonyl (C=O) groups excluding carboxylic acids is 1. The van der Waals surface area contributed by atoms with Crippen LogP contribution in [-0.2, 0) is 22.5 Å². The third kappa shape index (κ3) is 4.68. The van der Waals surface area contributed by atoms with E-state index in [9.17, 15) is 26.7 Å². The fraction of sp³-hybridized carbons (Fsp3) is 0.478. The highest BCUT2D eigenvalue weighted by Gasteiger charge is 2.73. The van der Waals surface area contributed by atoms with Crippen LogP contribution in [0.4, 0.5) is 22.0 Å². The van der Waals surface area contributed by atoms with Gasteiger partial charge in [-0.15, -0.1) is 0 Å². The molecule has 0 N–H and O–H groups in total. The van der Waals surface area contributed by atoms with Crippen molar-refractivity contribution < 1.29 is 31.5 Å². The number of rotatable bonds is 9. The number of ether oxygens (including phenoxy) is 1. The molecule has 1 saturated heterocycles. The molecule has 2 aromatic rings. The molecule has 0 bridgehead atoms. The lowest BCUT2D eigenvalue weighted by Crippen LogP contribution is -2.65. The van der Waals surface area contributed by atoms with Gasteiger partial charge in [0.15, 0.2) is 0 Å². The molecule has 174 valence electrons. The summed E-state index contributed by atoms with van der Waals surface area (Å²) in [5, 5.41) is 0. The van der Waals surface area contributed by atoms with Crippen molar-refractivity contribution in [3.05, 3.63) is 65.7 Å². The normalized spacial score (nSPS) is 21.4. The van der Waals surface area contributed by atoms with Crippen LogP contribution in [0.3, 0.4) is 0 Å². The third-order valence-corrected chi connectivity index (χ3v) is 6.15. The molecule has 3 rings (SSSR count). The highest BCUT2D eigenvalue weighted by molar-refractivity contribution is 5.81. The Hall–Kier alpha value is -2.39. The molecule has 0 aliphatic carbocycles. The van der Waals surface area contributed by atoms with Gasteiger partial charge < -0.3 is 4.74 Å². The van der Waals surface area contributed by atoms with Gasteiger partial charge in [0.25, 0.3) is 5.60 Å². The second-order valence-electron chi connectivity index (χ2n) is 8.11. The molecule has 0 amide bonds. The zero-order chi connectivity index (χ0) is 23.4. The Balaban J connectivity index is 1.98. The van der Waals surface area contributed by atoms with E-state index in [0.29, 0.717) is 12.1 Å². The Kier molecular flexibility index (Phi) is 7.29. The number of pyridine rings is 1. The lowest BCUT2D eigenvalue weighted by Gasteiger charge is -2.46. The fourth-order valence-corrected chi connectivity index (χ4v) is 4.67. The van der Waals surface area contributed by atoms with E-state index in [-0.39, 0.29) is 32.4 Å². The van der Waals surface area contributed by atoms with Gasteiger partial charge >= 0.3 is 12.2 Å². The number of aromatic nitrogens is 1. The largest absolute Gasteiger partial charge is 0.428 e.